The van der Waals surface area contributed by atoms with Crippen molar-refractivity contribution in [3.8, 4) is 0 Å². The van der Waals surface area contributed by atoms with E-state index in [-0.39, 0.29) is 6.04 Å². The predicted octanol–water partition coefficient (Wildman–Crippen LogP) is 3.07. The number of hydrogen-bond acceptors (Lipinski definition) is 3. The number of aryl methyl sites for hydroxylation is 1. The van der Waals surface area contributed by atoms with E-state index in [0.29, 0.717) is 0 Å². The normalized spacial score (nSPS) is 12.3. The second-order valence-corrected chi connectivity index (χ2v) is 4.77. The average molecular weight is 255 g/mol. The summed E-state index contributed by atoms with van der Waals surface area (Å²) in [5, 5.41) is 3.56. The summed E-state index contributed by atoms with van der Waals surface area (Å²) < 4.78 is 0. The van der Waals surface area contributed by atoms with E-state index in [2.05, 4.69) is 53.4 Å². The van der Waals surface area contributed by atoms with Crippen molar-refractivity contribution in [3.05, 3.63) is 59.7 Å². The molecule has 0 bridgehead atoms. The highest BCUT2D eigenvalue weighted by Gasteiger charge is 2.13. The Morgan fingerprint density at radius 2 is 2.05 bits per heavy atom. The minimum Gasteiger partial charge on any atom is -0.308 e. The maximum atomic E-state index is 4.43. The van der Waals surface area contributed by atoms with Crippen LogP contribution in [0.25, 0.3) is 0 Å². The second kappa shape index (κ2) is 7.00. The molecule has 0 aliphatic heterocycles. The Balaban J connectivity index is 2.17. The molecule has 2 aromatic rings. The van der Waals surface area contributed by atoms with Gasteiger partial charge in [-0.25, -0.2) is 0 Å². The first kappa shape index (κ1) is 13.7. The quantitative estimate of drug-likeness (QED) is 0.862. The van der Waals surface area contributed by atoms with Gasteiger partial charge in [-0.15, -0.1) is 0 Å². The second-order valence-electron chi connectivity index (χ2n) is 4.77. The number of nitrogens with one attached hydrogen (secondary N) is 1. The molecule has 0 aliphatic rings. The van der Waals surface area contributed by atoms with Gasteiger partial charge in [0.1, 0.15) is 0 Å². The van der Waals surface area contributed by atoms with E-state index in [0.717, 1.165) is 25.1 Å². The van der Waals surface area contributed by atoms with Crippen LogP contribution in [0.2, 0.25) is 0 Å². The summed E-state index contributed by atoms with van der Waals surface area (Å²) in [5.74, 6) is 0. The molecule has 1 aromatic carbocycles. The van der Waals surface area contributed by atoms with Crippen LogP contribution in [0.4, 0.5) is 0 Å². The molecule has 2 rings (SSSR count). The Morgan fingerprint density at radius 1 is 1.21 bits per heavy atom. The molecule has 1 N–H and O–H groups in total. The van der Waals surface area contributed by atoms with Gasteiger partial charge in [-0.1, -0.05) is 31.2 Å². The fourth-order valence-electron chi connectivity index (χ4n) is 2.15. The topological polar surface area (TPSA) is 37.8 Å². The molecular weight excluding hydrogens is 234 g/mol. The third-order valence-corrected chi connectivity index (χ3v) is 3.27. The van der Waals surface area contributed by atoms with Crippen molar-refractivity contribution in [1.29, 1.82) is 0 Å². The molecule has 1 atom stereocenters. The molecule has 3 nitrogen and oxygen atoms in total. The van der Waals surface area contributed by atoms with Gasteiger partial charge in [0.2, 0.25) is 0 Å². The van der Waals surface area contributed by atoms with Crippen LogP contribution in [0.5, 0.6) is 0 Å². The lowest BCUT2D eigenvalue weighted by atomic mass is 9.99. The Hall–Kier alpha value is -1.74. The first-order chi connectivity index (χ1) is 9.31. The summed E-state index contributed by atoms with van der Waals surface area (Å²) in [6.07, 6.45) is 7.39. The number of aromatic nitrogens is 2. The van der Waals surface area contributed by atoms with Crippen molar-refractivity contribution in [1.82, 2.24) is 15.3 Å². The zero-order valence-corrected chi connectivity index (χ0v) is 11.6. The number of hydrogen-bond donors (Lipinski definition) is 1. The van der Waals surface area contributed by atoms with E-state index >= 15 is 0 Å². The molecule has 100 valence electrons. The molecule has 0 saturated carbocycles. The lowest BCUT2D eigenvalue weighted by molar-refractivity contribution is 0.515. The third-order valence-electron chi connectivity index (χ3n) is 3.27. The van der Waals surface area contributed by atoms with E-state index < -0.39 is 0 Å². The van der Waals surface area contributed by atoms with Gasteiger partial charge in [0.25, 0.3) is 0 Å². The number of rotatable bonds is 6. The highest BCUT2D eigenvalue weighted by Crippen LogP contribution is 2.18. The minimum atomic E-state index is 0.231. The molecule has 0 saturated heterocycles. The van der Waals surface area contributed by atoms with Crippen molar-refractivity contribution in [3.63, 3.8) is 0 Å². The van der Waals surface area contributed by atoms with Gasteiger partial charge in [0.05, 0.1) is 11.7 Å². The van der Waals surface area contributed by atoms with Crippen LogP contribution < -0.4 is 5.32 Å². The van der Waals surface area contributed by atoms with E-state index in [1.165, 1.54) is 11.1 Å². The fraction of sp³-hybridized carbons (Fsp3) is 0.375. The molecule has 1 unspecified atom stereocenters. The molecular formula is C16H21N3. The predicted molar refractivity (Wildman–Crippen MR) is 77.9 cm³/mol. The monoisotopic (exact) mass is 255 g/mol. The molecule has 1 heterocycles. The minimum absolute atomic E-state index is 0.231. The van der Waals surface area contributed by atoms with Gasteiger partial charge >= 0.3 is 0 Å². The van der Waals surface area contributed by atoms with Crippen LogP contribution >= 0.6 is 0 Å². The molecule has 0 radical (unpaired) electrons. The number of nitrogens with zero attached hydrogens (tertiary/aromatic N) is 2. The molecule has 0 fully saturated rings. The van der Waals surface area contributed by atoms with Gasteiger partial charge in [-0.05, 0) is 37.4 Å². The largest absolute Gasteiger partial charge is 0.308 e. The van der Waals surface area contributed by atoms with Crippen LogP contribution in [0, 0.1) is 6.92 Å². The van der Waals surface area contributed by atoms with Crippen LogP contribution in [-0.2, 0) is 6.42 Å². The van der Waals surface area contributed by atoms with Crippen molar-refractivity contribution < 1.29 is 0 Å². The molecule has 0 spiro atoms. The standard InChI is InChI=1S/C16H21N3/c1-3-8-18-15(16-12-17-9-10-19-16)11-14-7-5-4-6-13(14)2/h4-7,9-10,12,15,18H,3,8,11H2,1-2H3. The van der Waals surface area contributed by atoms with Crippen molar-refractivity contribution in [2.75, 3.05) is 6.54 Å². The molecule has 1 aromatic heterocycles. The van der Waals surface area contributed by atoms with Crippen molar-refractivity contribution >= 4 is 0 Å². The molecule has 3 heteroatoms. The Labute approximate surface area is 115 Å². The summed E-state index contributed by atoms with van der Waals surface area (Å²) in [4.78, 5) is 8.61. The summed E-state index contributed by atoms with van der Waals surface area (Å²) in [5.41, 5.74) is 3.70. The first-order valence-electron chi connectivity index (χ1n) is 6.85. The van der Waals surface area contributed by atoms with Gasteiger partial charge in [-0.2, -0.15) is 0 Å². The SMILES string of the molecule is CCCNC(Cc1ccccc1C)c1cnccn1. The fourth-order valence-corrected chi connectivity index (χ4v) is 2.15. The lowest BCUT2D eigenvalue weighted by Gasteiger charge is -2.18. The molecule has 0 amide bonds. The molecule has 0 aliphatic carbocycles. The maximum absolute atomic E-state index is 4.43. The number of benzene rings is 1. The summed E-state index contributed by atoms with van der Waals surface area (Å²) in [6.45, 7) is 5.32. The Kier molecular flexibility index (Phi) is 5.04. The van der Waals surface area contributed by atoms with Crippen LogP contribution in [-0.4, -0.2) is 16.5 Å². The summed E-state index contributed by atoms with van der Waals surface area (Å²) in [6, 6.07) is 8.75. The van der Waals surface area contributed by atoms with Crippen LogP contribution in [0.3, 0.4) is 0 Å². The zero-order chi connectivity index (χ0) is 13.5. The van der Waals surface area contributed by atoms with Crippen molar-refractivity contribution in [2.24, 2.45) is 0 Å². The summed E-state index contributed by atoms with van der Waals surface area (Å²) >= 11 is 0. The van der Waals surface area contributed by atoms with Gasteiger partial charge < -0.3 is 5.32 Å². The smallest absolute Gasteiger partial charge is 0.0759 e. The van der Waals surface area contributed by atoms with E-state index in [1.54, 1.807) is 12.4 Å². The van der Waals surface area contributed by atoms with Crippen molar-refractivity contribution in [2.45, 2.75) is 32.7 Å². The average Bonchev–Trinajstić information content (AvgIpc) is 2.46. The van der Waals surface area contributed by atoms with Crippen LogP contribution in [0.1, 0.15) is 36.2 Å². The lowest BCUT2D eigenvalue weighted by Crippen LogP contribution is -2.25. The third kappa shape index (κ3) is 3.86. The zero-order valence-electron chi connectivity index (χ0n) is 11.6. The van der Waals surface area contributed by atoms with E-state index in [9.17, 15) is 0 Å². The summed E-state index contributed by atoms with van der Waals surface area (Å²) in [7, 11) is 0. The van der Waals surface area contributed by atoms with E-state index in [1.807, 2.05) is 6.20 Å². The highest BCUT2D eigenvalue weighted by atomic mass is 14.9. The Morgan fingerprint density at radius 3 is 2.74 bits per heavy atom. The molecule has 19 heavy (non-hydrogen) atoms. The Bertz CT molecular complexity index is 496. The first-order valence-corrected chi connectivity index (χ1v) is 6.85. The van der Waals surface area contributed by atoms with E-state index in [4.69, 9.17) is 0 Å². The van der Waals surface area contributed by atoms with Gasteiger partial charge in [-0.3, -0.25) is 9.97 Å². The van der Waals surface area contributed by atoms with Gasteiger partial charge in [0.15, 0.2) is 0 Å². The van der Waals surface area contributed by atoms with Gasteiger partial charge in [0, 0.05) is 18.6 Å². The maximum Gasteiger partial charge on any atom is 0.0759 e. The highest BCUT2D eigenvalue weighted by molar-refractivity contribution is 5.27. The van der Waals surface area contributed by atoms with Crippen LogP contribution in [0.15, 0.2) is 42.9 Å².